The van der Waals surface area contributed by atoms with Crippen molar-refractivity contribution >= 4 is 5.91 Å². The molecule has 2 aliphatic heterocycles. The normalized spacial score (nSPS) is 23.2. The first-order valence-electron chi connectivity index (χ1n) is 8.88. The zero-order chi connectivity index (χ0) is 16.9. The van der Waals surface area contributed by atoms with Crippen LogP contribution in [0.1, 0.15) is 31.4 Å². The first-order chi connectivity index (χ1) is 11.7. The lowest BCUT2D eigenvalue weighted by atomic mass is 9.97. The predicted molar refractivity (Wildman–Crippen MR) is 93.1 cm³/mol. The molecule has 2 saturated heterocycles. The Balaban J connectivity index is 1.70. The predicted octanol–water partition coefficient (Wildman–Crippen LogP) is 2.33. The standard InChI is InChI=1S/C19H28N2O3/c1-15(22)21-10-9-20(13-16-7-11-24-12-8-16)14-19(21)17-3-5-18(23-2)6-4-17/h3-6,16,19H,7-14H2,1-2H3. The number of ether oxygens (including phenoxy) is 2. The number of carbonyl (C=O) groups excluding carboxylic acids is 1. The van der Waals surface area contributed by atoms with Crippen LogP contribution < -0.4 is 4.74 Å². The molecule has 0 aliphatic carbocycles. The van der Waals surface area contributed by atoms with Gasteiger partial charge in [0.05, 0.1) is 13.2 Å². The number of nitrogens with zero attached hydrogens (tertiary/aromatic N) is 2. The van der Waals surface area contributed by atoms with E-state index in [2.05, 4.69) is 17.0 Å². The summed E-state index contributed by atoms with van der Waals surface area (Å²) < 4.78 is 10.7. The van der Waals surface area contributed by atoms with Crippen molar-refractivity contribution < 1.29 is 14.3 Å². The smallest absolute Gasteiger partial charge is 0.220 e. The molecule has 2 heterocycles. The third-order valence-corrected chi connectivity index (χ3v) is 5.23. The van der Waals surface area contributed by atoms with Crippen LogP contribution in [0.2, 0.25) is 0 Å². The van der Waals surface area contributed by atoms with Gasteiger partial charge in [0.15, 0.2) is 0 Å². The van der Waals surface area contributed by atoms with Crippen molar-refractivity contribution in [2.75, 3.05) is 46.5 Å². The quantitative estimate of drug-likeness (QED) is 0.849. The van der Waals surface area contributed by atoms with Crippen LogP contribution in [0, 0.1) is 5.92 Å². The molecule has 0 radical (unpaired) electrons. The minimum absolute atomic E-state index is 0.127. The summed E-state index contributed by atoms with van der Waals surface area (Å²) in [5, 5.41) is 0. The van der Waals surface area contributed by atoms with E-state index in [-0.39, 0.29) is 11.9 Å². The highest BCUT2D eigenvalue weighted by Gasteiger charge is 2.31. The third-order valence-electron chi connectivity index (χ3n) is 5.23. The lowest BCUT2D eigenvalue weighted by Gasteiger charge is -2.42. The van der Waals surface area contributed by atoms with Gasteiger partial charge in [0, 0.05) is 46.3 Å². The Morgan fingerprint density at radius 2 is 1.92 bits per heavy atom. The number of amides is 1. The largest absolute Gasteiger partial charge is 0.497 e. The highest BCUT2D eigenvalue weighted by Crippen LogP contribution is 2.28. The van der Waals surface area contributed by atoms with Crippen LogP contribution in [0.5, 0.6) is 5.75 Å². The molecule has 5 nitrogen and oxygen atoms in total. The molecular weight excluding hydrogens is 304 g/mol. The van der Waals surface area contributed by atoms with E-state index in [1.54, 1.807) is 14.0 Å². The molecule has 0 spiro atoms. The van der Waals surface area contributed by atoms with Crippen LogP contribution >= 0.6 is 0 Å². The molecule has 2 fully saturated rings. The Morgan fingerprint density at radius 1 is 1.21 bits per heavy atom. The first kappa shape index (κ1) is 17.2. The number of piperazine rings is 1. The van der Waals surface area contributed by atoms with Gasteiger partial charge in [-0.1, -0.05) is 12.1 Å². The summed E-state index contributed by atoms with van der Waals surface area (Å²) in [6, 6.07) is 8.24. The van der Waals surface area contributed by atoms with Crippen LogP contribution in [0.3, 0.4) is 0 Å². The van der Waals surface area contributed by atoms with E-state index in [0.717, 1.165) is 63.9 Å². The fourth-order valence-corrected chi connectivity index (χ4v) is 3.79. The van der Waals surface area contributed by atoms with Crippen LogP contribution in [0.15, 0.2) is 24.3 Å². The zero-order valence-corrected chi connectivity index (χ0v) is 14.7. The second kappa shape index (κ2) is 7.99. The minimum Gasteiger partial charge on any atom is -0.497 e. The van der Waals surface area contributed by atoms with Crippen molar-refractivity contribution in [1.29, 1.82) is 0 Å². The van der Waals surface area contributed by atoms with E-state index in [9.17, 15) is 4.79 Å². The maximum Gasteiger partial charge on any atom is 0.220 e. The summed E-state index contributed by atoms with van der Waals surface area (Å²) in [4.78, 5) is 16.6. The molecule has 0 bridgehead atoms. The van der Waals surface area contributed by atoms with Crippen LogP contribution in [0.25, 0.3) is 0 Å². The van der Waals surface area contributed by atoms with Crippen LogP contribution in [-0.2, 0) is 9.53 Å². The van der Waals surface area contributed by atoms with Gasteiger partial charge in [-0.25, -0.2) is 0 Å². The molecule has 1 aromatic rings. The second-order valence-electron chi connectivity index (χ2n) is 6.82. The summed E-state index contributed by atoms with van der Waals surface area (Å²) in [6.07, 6.45) is 2.31. The molecule has 1 amide bonds. The molecule has 2 aliphatic rings. The molecule has 3 rings (SSSR count). The molecule has 0 saturated carbocycles. The van der Waals surface area contributed by atoms with Crippen molar-refractivity contribution in [2.45, 2.75) is 25.8 Å². The summed E-state index contributed by atoms with van der Waals surface area (Å²) in [7, 11) is 1.67. The molecule has 0 aromatic heterocycles. The van der Waals surface area contributed by atoms with E-state index in [1.165, 1.54) is 5.56 Å². The molecular formula is C19H28N2O3. The number of methoxy groups -OCH3 is 1. The highest BCUT2D eigenvalue weighted by molar-refractivity contribution is 5.74. The summed E-state index contributed by atoms with van der Waals surface area (Å²) in [6.45, 7) is 7.23. The third kappa shape index (κ3) is 4.08. The zero-order valence-electron chi connectivity index (χ0n) is 14.7. The van der Waals surface area contributed by atoms with Gasteiger partial charge >= 0.3 is 0 Å². The average Bonchev–Trinajstić information content (AvgIpc) is 2.62. The first-order valence-corrected chi connectivity index (χ1v) is 8.88. The number of hydrogen-bond donors (Lipinski definition) is 0. The van der Waals surface area contributed by atoms with E-state index in [1.807, 2.05) is 17.0 Å². The molecule has 5 heteroatoms. The number of carbonyl (C=O) groups is 1. The molecule has 0 N–H and O–H groups in total. The Kier molecular flexibility index (Phi) is 5.74. The van der Waals surface area contributed by atoms with Gasteiger partial charge in [-0.15, -0.1) is 0 Å². The summed E-state index contributed by atoms with van der Waals surface area (Å²) >= 11 is 0. The number of hydrogen-bond acceptors (Lipinski definition) is 4. The van der Waals surface area contributed by atoms with Gasteiger partial charge in [0.1, 0.15) is 5.75 Å². The summed E-state index contributed by atoms with van der Waals surface area (Å²) in [5.74, 6) is 1.73. The topological polar surface area (TPSA) is 42.0 Å². The minimum atomic E-state index is 0.127. The Bertz CT molecular complexity index is 540. The average molecular weight is 332 g/mol. The number of rotatable bonds is 4. The van der Waals surface area contributed by atoms with E-state index in [0.29, 0.717) is 0 Å². The van der Waals surface area contributed by atoms with Crippen molar-refractivity contribution in [3.8, 4) is 5.75 Å². The maximum atomic E-state index is 12.1. The Hall–Kier alpha value is -1.59. The lowest BCUT2D eigenvalue weighted by Crippen LogP contribution is -2.51. The Morgan fingerprint density at radius 3 is 2.54 bits per heavy atom. The fourth-order valence-electron chi connectivity index (χ4n) is 3.79. The second-order valence-corrected chi connectivity index (χ2v) is 6.82. The van der Waals surface area contributed by atoms with E-state index >= 15 is 0 Å². The van der Waals surface area contributed by atoms with E-state index in [4.69, 9.17) is 9.47 Å². The van der Waals surface area contributed by atoms with Gasteiger partial charge < -0.3 is 14.4 Å². The molecule has 24 heavy (non-hydrogen) atoms. The number of benzene rings is 1. The fraction of sp³-hybridized carbons (Fsp3) is 0.632. The summed E-state index contributed by atoms with van der Waals surface area (Å²) in [5.41, 5.74) is 1.18. The monoisotopic (exact) mass is 332 g/mol. The van der Waals surface area contributed by atoms with Gasteiger partial charge in [-0.05, 0) is 36.5 Å². The van der Waals surface area contributed by atoms with Gasteiger partial charge in [0.2, 0.25) is 5.91 Å². The van der Waals surface area contributed by atoms with Gasteiger partial charge in [-0.3, -0.25) is 9.69 Å². The Labute approximate surface area is 144 Å². The maximum absolute atomic E-state index is 12.1. The molecule has 1 atom stereocenters. The lowest BCUT2D eigenvalue weighted by molar-refractivity contribution is -0.134. The van der Waals surface area contributed by atoms with E-state index < -0.39 is 0 Å². The van der Waals surface area contributed by atoms with Crippen LogP contribution in [-0.4, -0.2) is 62.2 Å². The highest BCUT2D eigenvalue weighted by atomic mass is 16.5. The van der Waals surface area contributed by atoms with Crippen molar-refractivity contribution in [3.05, 3.63) is 29.8 Å². The van der Waals surface area contributed by atoms with Gasteiger partial charge in [-0.2, -0.15) is 0 Å². The molecule has 132 valence electrons. The van der Waals surface area contributed by atoms with Crippen molar-refractivity contribution in [3.63, 3.8) is 0 Å². The van der Waals surface area contributed by atoms with Gasteiger partial charge in [0.25, 0.3) is 0 Å². The van der Waals surface area contributed by atoms with Crippen molar-refractivity contribution in [2.24, 2.45) is 5.92 Å². The molecule has 1 unspecified atom stereocenters. The van der Waals surface area contributed by atoms with Crippen LogP contribution in [0.4, 0.5) is 0 Å². The molecule has 1 aromatic carbocycles. The van der Waals surface area contributed by atoms with Crippen molar-refractivity contribution in [1.82, 2.24) is 9.80 Å². The SMILES string of the molecule is COc1ccc(C2CN(CC3CCOCC3)CCN2C(C)=O)cc1.